The number of urea groups is 1. The fourth-order valence-corrected chi connectivity index (χ4v) is 3.45. The Morgan fingerprint density at radius 3 is 2.62 bits per heavy atom. The van der Waals surface area contributed by atoms with Crippen molar-refractivity contribution in [2.75, 3.05) is 12.0 Å². The summed E-state index contributed by atoms with van der Waals surface area (Å²) in [6.07, 6.45) is 3.43. The molecule has 4 rings (SSSR count). The van der Waals surface area contributed by atoms with E-state index in [1.807, 2.05) is 42.0 Å². The molecule has 146 valence electrons. The first-order valence-corrected chi connectivity index (χ1v) is 9.17. The Balaban J connectivity index is 1.80. The number of fused-ring (bicyclic) bond motifs is 1. The molecule has 0 unspecified atom stereocenters. The van der Waals surface area contributed by atoms with Gasteiger partial charge >= 0.3 is 6.03 Å². The van der Waals surface area contributed by atoms with Gasteiger partial charge in [0.25, 0.3) is 11.8 Å². The number of para-hydroxylation sites is 1. The number of benzene rings is 2. The minimum Gasteiger partial charge on any atom is -0.497 e. The highest BCUT2D eigenvalue weighted by Crippen LogP contribution is 2.28. The molecule has 1 fully saturated rings. The second-order valence-corrected chi connectivity index (χ2v) is 6.55. The van der Waals surface area contributed by atoms with Gasteiger partial charge in [-0.1, -0.05) is 24.3 Å². The van der Waals surface area contributed by atoms with E-state index in [0.29, 0.717) is 11.4 Å². The van der Waals surface area contributed by atoms with Crippen molar-refractivity contribution >= 4 is 40.5 Å². The summed E-state index contributed by atoms with van der Waals surface area (Å²) in [7, 11) is 1.50. The first kappa shape index (κ1) is 18.5. The lowest BCUT2D eigenvalue weighted by Crippen LogP contribution is -2.54. The third-order valence-corrected chi connectivity index (χ3v) is 4.87. The number of barbiturate groups is 1. The Kier molecular flexibility index (Phi) is 4.64. The van der Waals surface area contributed by atoms with E-state index in [1.54, 1.807) is 24.3 Å². The maximum Gasteiger partial charge on any atom is 0.335 e. The average molecular weight is 389 g/mol. The Bertz CT molecular complexity index is 1180. The second kappa shape index (κ2) is 7.27. The number of amides is 4. The number of ether oxygens (including phenoxy) is 1. The van der Waals surface area contributed by atoms with Crippen LogP contribution in [-0.4, -0.2) is 29.5 Å². The quantitative estimate of drug-likeness (QED) is 0.548. The van der Waals surface area contributed by atoms with Crippen LogP contribution in [0.1, 0.15) is 12.5 Å². The molecule has 0 bridgehead atoms. The van der Waals surface area contributed by atoms with Crippen LogP contribution < -0.4 is 15.0 Å². The summed E-state index contributed by atoms with van der Waals surface area (Å²) in [5.74, 6) is -0.899. The van der Waals surface area contributed by atoms with E-state index in [2.05, 4.69) is 5.32 Å². The van der Waals surface area contributed by atoms with Crippen LogP contribution in [-0.2, 0) is 16.1 Å². The molecular formula is C22H19N3O4. The Morgan fingerprint density at radius 1 is 1.07 bits per heavy atom. The predicted molar refractivity (Wildman–Crippen MR) is 110 cm³/mol. The number of aromatic nitrogens is 1. The molecule has 3 aromatic rings. The molecule has 0 aliphatic carbocycles. The van der Waals surface area contributed by atoms with Crippen molar-refractivity contribution in [2.45, 2.75) is 13.5 Å². The normalized spacial score (nSPS) is 15.9. The second-order valence-electron chi connectivity index (χ2n) is 6.55. The molecule has 29 heavy (non-hydrogen) atoms. The highest BCUT2D eigenvalue weighted by Gasteiger charge is 2.37. The molecule has 1 N–H and O–H groups in total. The van der Waals surface area contributed by atoms with Crippen molar-refractivity contribution in [3.05, 3.63) is 65.9 Å². The molecule has 2 aromatic carbocycles. The van der Waals surface area contributed by atoms with E-state index in [1.165, 1.54) is 13.2 Å². The van der Waals surface area contributed by atoms with Crippen LogP contribution >= 0.6 is 0 Å². The maximum atomic E-state index is 13.1. The van der Waals surface area contributed by atoms with Crippen LogP contribution in [0.25, 0.3) is 17.0 Å². The van der Waals surface area contributed by atoms with E-state index in [0.717, 1.165) is 27.9 Å². The number of hydrogen-bond acceptors (Lipinski definition) is 4. The van der Waals surface area contributed by atoms with Crippen molar-refractivity contribution in [3.63, 3.8) is 0 Å². The summed E-state index contributed by atoms with van der Waals surface area (Å²) in [6.45, 7) is 2.77. The first-order valence-electron chi connectivity index (χ1n) is 9.17. The number of aryl methyl sites for hydroxylation is 1. The summed E-state index contributed by atoms with van der Waals surface area (Å²) in [4.78, 5) is 38.9. The van der Waals surface area contributed by atoms with Gasteiger partial charge in [-0.25, -0.2) is 9.69 Å². The number of methoxy groups -OCH3 is 1. The number of rotatable bonds is 4. The molecule has 0 radical (unpaired) electrons. The fourth-order valence-electron chi connectivity index (χ4n) is 3.45. The van der Waals surface area contributed by atoms with E-state index >= 15 is 0 Å². The molecular weight excluding hydrogens is 370 g/mol. The van der Waals surface area contributed by atoms with Crippen molar-refractivity contribution in [1.82, 2.24) is 9.88 Å². The molecule has 1 saturated heterocycles. The average Bonchev–Trinajstić information content (AvgIpc) is 3.09. The zero-order valence-corrected chi connectivity index (χ0v) is 16.0. The summed E-state index contributed by atoms with van der Waals surface area (Å²) < 4.78 is 7.21. The highest BCUT2D eigenvalue weighted by molar-refractivity contribution is 6.39. The first-order chi connectivity index (χ1) is 14.0. The summed E-state index contributed by atoms with van der Waals surface area (Å²) in [5, 5.41) is 3.17. The highest BCUT2D eigenvalue weighted by atomic mass is 16.5. The van der Waals surface area contributed by atoms with E-state index in [9.17, 15) is 14.4 Å². The Labute approximate surface area is 167 Å². The number of nitrogens with zero attached hydrogens (tertiary/aromatic N) is 2. The lowest BCUT2D eigenvalue weighted by atomic mass is 10.1. The largest absolute Gasteiger partial charge is 0.497 e. The van der Waals surface area contributed by atoms with Gasteiger partial charge in [-0.3, -0.25) is 14.9 Å². The summed E-state index contributed by atoms with van der Waals surface area (Å²) in [6, 6.07) is 13.5. The van der Waals surface area contributed by atoms with Crippen LogP contribution in [0.15, 0.2) is 60.3 Å². The zero-order chi connectivity index (χ0) is 20.5. The number of carbonyl (C=O) groups is 3. The number of nitrogens with one attached hydrogen (secondary N) is 1. The van der Waals surface area contributed by atoms with E-state index < -0.39 is 17.8 Å². The minimum absolute atomic E-state index is 0.105. The maximum absolute atomic E-state index is 13.1. The summed E-state index contributed by atoms with van der Waals surface area (Å²) >= 11 is 0. The fraction of sp³-hybridized carbons (Fsp3) is 0.136. The van der Waals surface area contributed by atoms with Crippen LogP contribution in [0.5, 0.6) is 5.75 Å². The molecule has 1 aromatic heterocycles. The zero-order valence-electron chi connectivity index (χ0n) is 16.0. The molecule has 7 heteroatoms. The van der Waals surface area contributed by atoms with Gasteiger partial charge < -0.3 is 9.30 Å². The minimum atomic E-state index is -0.790. The number of hydrogen-bond donors (Lipinski definition) is 1. The van der Waals surface area contributed by atoms with Gasteiger partial charge in [0.15, 0.2) is 0 Å². The number of carbonyl (C=O) groups excluding carboxylic acids is 3. The molecule has 0 atom stereocenters. The lowest BCUT2D eigenvalue weighted by molar-refractivity contribution is -0.122. The van der Waals surface area contributed by atoms with Crippen molar-refractivity contribution < 1.29 is 19.1 Å². The van der Waals surface area contributed by atoms with Crippen LogP contribution in [0.2, 0.25) is 0 Å². The number of imide groups is 2. The monoisotopic (exact) mass is 389 g/mol. The molecule has 0 spiro atoms. The van der Waals surface area contributed by atoms with Crippen LogP contribution in [0, 0.1) is 0 Å². The SMILES string of the molecule is CCn1cc(C=C2C(=O)NC(=O)N(c3cccc(OC)c3)C2=O)c2ccccc21. The smallest absolute Gasteiger partial charge is 0.335 e. The standard InChI is InChI=1S/C22H19N3O4/c1-3-24-13-14(17-9-4-5-10-19(17)24)11-18-20(26)23-22(28)25(21(18)27)15-7-6-8-16(12-15)29-2/h4-13H,3H2,1-2H3,(H,23,26,28). The topological polar surface area (TPSA) is 80.6 Å². The van der Waals surface area contributed by atoms with Crippen molar-refractivity contribution in [2.24, 2.45) is 0 Å². The molecule has 4 amide bonds. The lowest BCUT2D eigenvalue weighted by Gasteiger charge is -2.26. The van der Waals surface area contributed by atoms with Gasteiger partial charge in [0.2, 0.25) is 0 Å². The molecule has 7 nitrogen and oxygen atoms in total. The van der Waals surface area contributed by atoms with Gasteiger partial charge in [0, 0.05) is 35.3 Å². The van der Waals surface area contributed by atoms with Gasteiger partial charge in [0.05, 0.1) is 12.8 Å². The molecule has 1 aliphatic rings. The van der Waals surface area contributed by atoms with Crippen molar-refractivity contribution in [1.29, 1.82) is 0 Å². The van der Waals surface area contributed by atoms with Gasteiger partial charge in [-0.05, 0) is 31.2 Å². The Hall–Kier alpha value is -3.87. The summed E-state index contributed by atoms with van der Waals surface area (Å²) in [5.41, 5.74) is 1.96. The van der Waals surface area contributed by atoms with Crippen LogP contribution in [0.3, 0.4) is 0 Å². The van der Waals surface area contributed by atoms with E-state index in [-0.39, 0.29) is 5.57 Å². The third kappa shape index (κ3) is 3.16. The van der Waals surface area contributed by atoms with Gasteiger partial charge in [-0.15, -0.1) is 0 Å². The van der Waals surface area contributed by atoms with Crippen LogP contribution in [0.4, 0.5) is 10.5 Å². The van der Waals surface area contributed by atoms with Gasteiger partial charge in [-0.2, -0.15) is 0 Å². The number of anilines is 1. The Morgan fingerprint density at radius 2 is 1.86 bits per heavy atom. The molecule has 0 saturated carbocycles. The molecule has 2 heterocycles. The van der Waals surface area contributed by atoms with E-state index in [4.69, 9.17) is 4.74 Å². The third-order valence-electron chi connectivity index (χ3n) is 4.87. The van der Waals surface area contributed by atoms with Crippen molar-refractivity contribution in [3.8, 4) is 5.75 Å². The predicted octanol–water partition coefficient (Wildman–Crippen LogP) is 3.34. The van der Waals surface area contributed by atoms with Gasteiger partial charge in [0.1, 0.15) is 11.3 Å². The molecule has 1 aliphatic heterocycles.